The average molecular weight is 379 g/mol. The summed E-state index contributed by atoms with van der Waals surface area (Å²) in [5.74, 6) is 5.63. The van der Waals surface area contributed by atoms with Crippen LogP contribution in [0, 0.1) is 13.8 Å². The molecule has 3 N–H and O–H groups in total. The molecule has 2 aromatic carbocycles. The van der Waals surface area contributed by atoms with E-state index < -0.39 is 5.91 Å². The molecule has 1 amide bonds. The Balaban J connectivity index is 1.97. The van der Waals surface area contributed by atoms with Gasteiger partial charge in [0.2, 0.25) is 0 Å². The summed E-state index contributed by atoms with van der Waals surface area (Å²) in [5, 5.41) is 0.676. The Morgan fingerprint density at radius 2 is 1.86 bits per heavy atom. The lowest BCUT2D eigenvalue weighted by Gasteiger charge is -2.15. The minimum Gasteiger partial charge on any atom is -0.483 e. The molecule has 6 nitrogen and oxygen atoms in total. The van der Waals surface area contributed by atoms with Gasteiger partial charge in [0.25, 0.3) is 11.8 Å². The molecule has 1 heterocycles. The number of nitrogens with zero attached hydrogens (tertiary/aromatic N) is 1. The van der Waals surface area contributed by atoms with E-state index in [2.05, 4.69) is 19.3 Å². The molecule has 3 aromatic rings. The number of carbonyl (C=O) groups is 2. The minimum atomic E-state index is -0.429. The molecule has 0 atom stereocenters. The number of nitrogens with one attached hydrogen (secondary N) is 1. The topological polar surface area (TPSA) is 86.3 Å². The van der Waals surface area contributed by atoms with Crippen LogP contribution in [-0.4, -0.2) is 23.0 Å². The van der Waals surface area contributed by atoms with Crippen molar-refractivity contribution in [3.63, 3.8) is 0 Å². The van der Waals surface area contributed by atoms with Crippen LogP contribution in [-0.2, 0) is 0 Å². The standard InChI is InChI=1S/C22H25N3O3/c1-13(2)16-10-9-14(3)11-19(16)28-12-20(26)25-15(4)21(22(27)24-23)17-7-5-6-8-18(17)25/h5-11,13H,12,23H2,1-4H3,(H,24,27). The van der Waals surface area contributed by atoms with E-state index in [0.29, 0.717) is 27.9 Å². The lowest BCUT2D eigenvalue weighted by atomic mass is 10.0. The Hall–Kier alpha value is -3.12. The maximum absolute atomic E-state index is 13.0. The van der Waals surface area contributed by atoms with Gasteiger partial charge in [-0.15, -0.1) is 0 Å². The van der Waals surface area contributed by atoms with Crippen LogP contribution >= 0.6 is 0 Å². The number of rotatable bonds is 5. The third-order valence-electron chi connectivity index (χ3n) is 4.86. The molecule has 0 fully saturated rings. The number of aromatic nitrogens is 1. The van der Waals surface area contributed by atoms with Gasteiger partial charge in [0, 0.05) is 11.1 Å². The first-order valence-corrected chi connectivity index (χ1v) is 9.22. The van der Waals surface area contributed by atoms with Crippen molar-refractivity contribution in [3.05, 3.63) is 64.8 Å². The third-order valence-corrected chi connectivity index (χ3v) is 4.86. The van der Waals surface area contributed by atoms with E-state index >= 15 is 0 Å². The number of hydrogen-bond acceptors (Lipinski definition) is 4. The van der Waals surface area contributed by atoms with Gasteiger partial charge in [0.1, 0.15) is 5.75 Å². The Morgan fingerprint density at radius 3 is 2.54 bits per heavy atom. The zero-order chi connectivity index (χ0) is 20.4. The molecule has 1 aromatic heterocycles. The van der Waals surface area contributed by atoms with Crippen molar-refractivity contribution in [1.29, 1.82) is 0 Å². The first-order chi connectivity index (χ1) is 13.3. The van der Waals surface area contributed by atoms with E-state index in [-0.39, 0.29) is 18.4 Å². The SMILES string of the molecule is Cc1ccc(C(C)C)c(OCC(=O)n2c(C)c(C(=O)NN)c3ccccc32)c1. The second kappa shape index (κ2) is 7.86. The number of fused-ring (bicyclic) bond motifs is 1. The average Bonchev–Trinajstić information content (AvgIpc) is 2.97. The molecule has 0 unspecified atom stereocenters. The fourth-order valence-electron chi connectivity index (χ4n) is 3.50. The van der Waals surface area contributed by atoms with Gasteiger partial charge >= 0.3 is 0 Å². The van der Waals surface area contributed by atoms with Gasteiger partial charge in [-0.3, -0.25) is 19.6 Å². The summed E-state index contributed by atoms with van der Waals surface area (Å²) in [5.41, 5.74) is 5.85. The Bertz CT molecular complexity index is 1050. The van der Waals surface area contributed by atoms with E-state index in [4.69, 9.17) is 10.6 Å². The second-order valence-corrected chi connectivity index (χ2v) is 7.16. The highest BCUT2D eigenvalue weighted by molar-refractivity contribution is 6.10. The molecule has 3 rings (SSSR count). The van der Waals surface area contributed by atoms with E-state index in [0.717, 1.165) is 11.1 Å². The molecule has 0 saturated heterocycles. The summed E-state index contributed by atoms with van der Waals surface area (Å²) in [6, 6.07) is 13.3. The largest absolute Gasteiger partial charge is 0.483 e. The van der Waals surface area contributed by atoms with E-state index in [1.807, 2.05) is 37.3 Å². The Morgan fingerprint density at radius 1 is 1.14 bits per heavy atom. The van der Waals surface area contributed by atoms with Crippen LogP contribution in [0.5, 0.6) is 5.75 Å². The highest BCUT2D eigenvalue weighted by Crippen LogP contribution is 2.29. The lowest BCUT2D eigenvalue weighted by molar-refractivity contribution is 0.0840. The number of benzene rings is 2. The van der Waals surface area contributed by atoms with Gasteiger partial charge in [-0.2, -0.15) is 0 Å². The molecule has 0 radical (unpaired) electrons. The van der Waals surface area contributed by atoms with Gasteiger partial charge in [-0.05, 0) is 43.0 Å². The van der Waals surface area contributed by atoms with E-state index in [1.54, 1.807) is 19.1 Å². The highest BCUT2D eigenvalue weighted by Gasteiger charge is 2.23. The van der Waals surface area contributed by atoms with Crippen LogP contribution in [0.1, 0.15) is 51.7 Å². The number of nitrogen functional groups attached to an aromatic ring is 1. The summed E-state index contributed by atoms with van der Waals surface area (Å²) in [6.07, 6.45) is 0. The number of para-hydroxylation sites is 1. The van der Waals surface area contributed by atoms with E-state index in [9.17, 15) is 9.59 Å². The zero-order valence-electron chi connectivity index (χ0n) is 16.6. The number of carbonyl (C=O) groups excluding carboxylic acids is 2. The van der Waals surface area contributed by atoms with Crippen molar-refractivity contribution in [2.24, 2.45) is 5.84 Å². The van der Waals surface area contributed by atoms with Crippen molar-refractivity contribution in [3.8, 4) is 5.75 Å². The molecule has 146 valence electrons. The first kappa shape index (κ1) is 19.6. The molecule has 0 saturated carbocycles. The Kier molecular flexibility index (Phi) is 5.51. The van der Waals surface area contributed by atoms with Crippen LogP contribution in [0.3, 0.4) is 0 Å². The van der Waals surface area contributed by atoms with Crippen molar-refractivity contribution >= 4 is 22.7 Å². The number of aryl methyl sites for hydroxylation is 1. The van der Waals surface area contributed by atoms with Crippen LogP contribution in [0.4, 0.5) is 0 Å². The predicted octanol–water partition coefficient (Wildman–Crippen LogP) is 3.70. The smallest absolute Gasteiger partial charge is 0.269 e. The molecular weight excluding hydrogens is 354 g/mol. The van der Waals surface area contributed by atoms with Gasteiger partial charge in [-0.1, -0.05) is 44.2 Å². The summed E-state index contributed by atoms with van der Waals surface area (Å²) in [7, 11) is 0. The van der Waals surface area contributed by atoms with Crippen molar-refractivity contribution in [2.45, 2.75) is 33.6 Å². The number of hydrogen-bond donors (Lipinski definition) is 2. The van der Waals surface area contributed by atoms with Crippen molar-refractivity contribution < 1.29 is 14.3 Å². The molecule has 0 spiro atoms. The molecular formula is C22H25N3O3. The number of amides is 1. The number of ether oxygens (including phenoxy) is 1. The summed E-state index contributed by atoms with van der Waals surface area (Å²) in [4.78, 5) is 25.2. The quantitative estimate of drug-likeness (QED) is 0.402. The van der Waals surface area contributed by atoms with Gasteiger partial charge in [-0.25, -0.2) is 5.84 Å². The highest BCUT2D eigenvalue weighted by atomic mass is 16.5. The van der Waals surface area contributed by atoms with E-state index in [1.165, 1.54) is 4.57 Å². The third kappa shape index (κ3) is 3.51. The van der Waals surface area contributed by atoms with Gasteiger partial charge in [0.15, 0.2) is 6.61 Å². The molecule has 6 heteroatoms. The number of hydrazine groups is 1. The minimum absolute atomic E-state index is 0.133. The predicted molar refractivity (Wildman–Crippen MR) is 110 cm³/mol. The van der Waals surface area contributed by atoms with Crippen LogP contribution in [0.2, 0.25) is 0 Å². The summed E-state index contributed by atoms with van der Waals surface area (Å²) in [6.45, 7) is 7.75. The fraction of sp³-hybridized carbons (Fsp3) is 0.273. The van der Waals surface area contributed by atoms with Crippen molar-refractivity contribution in [1.82, 2.24) is 9.99 Å². The first-order valence-electron chi connectivity index (χ1n) is 9.22. The molecule has 0 aliphatic carbocycles. The van der Waals surface area contributed by atoms with Crippen LogP contribution < -0.4 is 16.0 Å². The number of nitrogens with two attached hydrogens (primary N) is 1. The maximum atomic E-state index is 13.0. The fourth-order valence-corrected chi connectivity index (χ4v) is 3.50. The normalized spacial score (nSPS) is 11.1. The van der Waals surface area contributed by atoms with Crippen LogP contribution in [0.15, 0.2) is 42.5 Å². The second-order valence-electron chi connectivity index (χ2n) is 7.16. The molecule has 0 aliphatic rings. The lowest BCUT2D eigenvalue weighted by Crippen LogP contribution is -2.30. The van der Waals surface area contributed by atoms with Crippen LogP contribution in [0.25, 0.3) is 10.9 Å². The zero-order valence-corrected chi connectivity index (χ0v) is 16.6. The Labute approximate surface area is 164 Å². The molecule has 28 heavy (non-hydrogen) atoms. The van der Waals surface area contributed by atoms with Gasteiger partial charge < -0.3 is 4.74 Å². The molecule has 0 bridgehead atoms. The molecule has 0 aliphatic heterocycles. The summed E-state index contributed by atoms with van der Waals surface area (Å²) >= 11 is 0. The van der Waals surface area contributed by atoms with Crippen molar-refractivity contribution in [2.75, 3.05) is 6.61 Å². The van der Waals surface area contributed by atoms with Gasteiger partial charge in [0.05, 0.1) is 11.1 Å². The maximum Gasteiger partial charge on any atom is 0.269 e. The summed E-state index contributed by atoms with van der Waals surface area (Å²) < 4.78 is 7.42. The monoisotopic (exact) mass is 379 g/mol.